The summed E-state index contributed by atoms with van der Waals surface area (Å²) in [4.78, 5) is 14.1. The van der Waals surface area contributed by atoms with Gasteiger partial charge in [0.25, 0.3) is 0 Å². The number of carbonyl (C=O) groups excluding carboxylic acids is 1. The monoisotopic (exact) mass is 257 g/mol. The van der Waals surface area contributed by atoms with Gasteiger partial charge in [-0.15, -0.1) is 0 Å². The van der Waals surface area contributed by atoms with Crippen molar-refractivity contribution in [1.82, 2.24) is 4.90 Å². The third-order valence-corrected chi connectivity index (χ3v) is 4.69. The summed E-state index contributed by atoms with van der Waals surface area (Å²) in [6.07, 6.45) is 5.41. The van der Waals surface area contributed by atoms with Gasteiger partial charge in [0.05, 0.1) is 6.10 Å². The van der Waals surface area contributed by atoms with Crippen molar-refractivity contribution in [2.75, 3.05) is 25.4 Å². The maximum atomic E-state index is 12.1. The van der Waals surface area contributed by atoms with E-state index in [4.69, 9.17) is 4.74 Å². The Hall–Kier alpha value is -0.220. The molecule has 1 amide bonds. The molecule has 0 unspecified atom stereocenters. The highest BCUT2D eigenvalue weighted by atomic mass is 32.1. The van der Waals surface area contributed by atoms with E-state index in [0.717, 1.165) is 38.3 Å². The third-order valence-electron chi connectivity index (χ3n) is 4.02. The fraction of sp³-hybridized carbons (Fsp3) is 0.923. The van der Waals surface area contributed by atoms with E-state index in [1.54, 1.807) is 0 Å². The highest BCUT2D eigenvalue weighted by Gasteiger charge is 2.43. The predicted octanol–water partition coefficient (Wildman–Crippen LogP) is 2.11. The molecular formula is C13H23NO2S. The van der Waals surface area contributed by atoms with Crippen LogP contribution in [0.4, 0.5) is 0 Å². The summed E-state index contributed by atoms with van der Waals surface area (Å²) in [5.41, 5.74) is 0.247. The Bertz CT molecular complexity index is 271. The Morgan fingerprint density at radius 3 is 2.53 bits per heavy atom. The minimum atomic E-state index is 0.247. The van der Waals surface area contributed by atoms with Crippen molar-refractivity contribution < 1.29 is 9.53 Å². The molecule has 1 aliphatic carbocycles. The van der Waals surface area contributed by atoms with Crippen LogP contribution in [0.1, 0.15) is 39.0 Å². The van der Waals surface area contributed by atoms with Gasteiger partial charge in [-0.3, -0.25) is 4.79 Å². The first-order chi connectivity index (χ1) is 8.19. The number of rotatable bonds is 5. The quantitative estimate of drug-likeness (QED) is 0.765. The summed E-state index contributed by atoms with van der Waals surface area (Å²) in [6, 6.07) is 0. The molecule has 0 aromatic rings. The van der Waals surface area contributed by atoms with Crippen molar-refractivity contribution in [2.24, 2.45) is 5.41 Å². The van der Waals surface area contributed by atoms with Crippen LogP contribution in [-0.4, -0.2) is 42.4 Å². The SMILES string of the molecule is CCOC1CCN(C(=O)CC2(CS)CC2)CC1. The maximum absolute atomic E-state index is 12.1. The second-order valence-electron chi connectivity index (χ2n) is 5.37. The van der Waals surface area contributed by atoms with Crippen LogP contribution in [0.25, 0.3) is 0 Å². The van der Waals surface area contributed by atoms with Crippen LogP contribution in [0.15, 0.2) is 0 Å². The summed E-state index contributed by atoms with van der Waals surface area (Å²) in [5.74, 6) is 1.18. The maximum Gasteiger partial charge on any atom is 0.223 e. The zero-order chi connectivity index (χ0) is 12.3. The number of likely N-dealkylation sites (tertiary alicyclic amines) is 1. The van der Waals surface area contributed by atoms with Gasteiger partial charge in [0, 0.05) is 26.1 Å². The second-order valence-corrected chi connectivity index (χ2v) is 5.69. The normalized spacial score (nSPS) is 23.8. The average molecular weight is 257 g/mol. The first-order valence-electron chi connectivity index (χ1n) is 6.69. The van der Waals surface area contributed by atoms with Gasteiger partial charge in [0.2, 0.25) is 5.91 Å². The Morgan fingerprint density at radius 1 is 1.41 bits per heavy atom. The summed E-state index contributed by atoms with van der Waals surface area (Å²) in [7, 11) is 0. The van der Waals surface area contributed by atoms with Crippen LogP contribution < -0.4 is 0 Å². The molecule has 1 aliphatic heterocycles. The summed E-state index contributed by atoms with van der Waals surface area (Å²) < 4.78 is 5.60. The lowest BCUT2D eigenvalue weighted by Gasteiger charge is -2.32. The smallest absolute Gasteiger partial charge is 0.223 e. The largest absolute Gasteiger partial charge is 0.378 e. The van der Waals surface area contributed by atoms with E-state index < -0.39 is 0 Å². The van der Waals surface area contributed by atoms with Gasteiger partial charge >= 0.3 is 0 Å². The molecule has 17 heavy (non-hydrogen) atoms. The molecule has 0 bridgehead atoms. The van der Waals surface area contributed by atoms with Gasteiger partial charge in [-0.1, -0.05) is 0 Å². The van der Waals surface area contributed by atoms with Gasteiger partial charge in [0.15, 0.2) is 0 Å². The zero-order valence-corrected chi connectivity index (χ0v) is 11.5. The number of amides is 1. The van der Waals surface area contributed by atoms with Gasteiger partial charge in [-0.05, 0) is 43.8 Å². The number of ether oxygens (including phenoxy) is 1. The van der Waals surface area contributed by atoms with Crippen molar-refractivity contribution in [3.05, 3.63) is 0 Å². The third kappa shape index (κ3) is 3.38. The Labute approximate surface area is 109 Å². The van der Waals surface area contributed by atoms with E-state index in [9.17, 15) is 4.79 Å². The predicted molar refractivity (Wildman–Crippen MR) is 71.4 cm³/mol. The molecule has 2 rings (SSSR count). The highest BCUT2D eigenvalue weighted by molar-refractivity contribution is 7.80. The minimum Gasteiger partial charge on any atom is -0.378 e. The van der Waals surface area contributed by atoms with E-state index in [1.807, 2.05) is 11.8 Å². The molecule has 0 N–H and O–H groups in total. The van der Waals surface area contributed by atoms with Gasteiger partial charge in [0.1, 0.15) is 0 Å². The van der Waals surface area contributed by atoms with Gasteiger partial charge in [-0.25, -0.2) is 0 Å². The van der Waals surface area contributed by atoms with E-state index in [1.165, 1.54) is 12.8 Å². The number of hydrogen-bond donors (Lipinski definition) is 1. The van der Waals surface area contributed by atoms with Crippen molar-refractivity contribution in [1.29, 1.82) is 0 Å². The molecule has 0 atom stereocenters. The van der Waals surface area contributed by atoms with E-state index in [2.05, 4.69) is 12.6 Å². The molecular weight excluding hydrogens is 234 g/mol. The highest BCUT2D eigenvalue weighted by Crippen LogP contribution is 2.49. The van der Waals surface area contributed by atoms with Crippen LogP contribution in [0.2, 0.25) is 0 Å². The Kier molecular flexibility index (Phi) is 4.36. The molecule has 0 aromatic heterocycles. The Morgan fingerprint density at radius 2 is 2.06 bits per heavy atom. The topological polar surface area (TPSA) is 29.5 Å². The number of carbonyl (C=O) groups is 1. The van der Waals surface area contributed by atoms with Crippen LogP contribution in [0, 0.1) is 5.41 Å². The molecule has 1 saturated heterocycles. The van der Waals surface area contributed by atoms with Gasteiger partial charge < -0.3 is 9.64 Å². The molecule has 2 fully saturated rings. The summed E-state index contributed by atoms with van der Waals surface area (Å²) in [5, 5.41) is 0. The van der Waals surface area contributed by atoms with Crippen LogP contribution in [0.5, 0.6) is 0 Å². The molecule has 2 aliphatic rings. The molecule has 1 saturated carbocycles. The molecule has 1 heterocycles. The van der Waals surface area contributed by atoms with Crippen molar-refractivity contribution in [2.45, 2.75) is 45.1 Å². The van der Waals surface area contributed by atoms with Crippen LogP contribution in [0.3, 0.4) is 0 Å². The van der Waals surface area contributed by atoms with Crippen LogP contribution in [-0.2, 0) is 9.53 Å². The standard InChI is InChI=1S/C13H23NO2S/c1-2-16-11-3-7-14(8-4-11)12(15)9-13(10-17)5-6-13/h11,17H,2-10H2,1H3. The summed E-state index contributed by atoms with van der Waals surface area (Å²) >= 11 is 4.35. The van der Waals surface area contributed by atoms with Crippen molar-refractivity contribution in [3.8, 4) is 0 Å². The molecule has 98 valence electrons. The van der Waals surface area contributed by atoms with Crippen molar-refractivity contribution in [3.63, 3.8) is 0 Å². The molecule has 3 nitrogen and oxygen atoms in total. The lowest BCUT2D eigenvalue weighted by Crippen LogP contribution is -2.41. The fourth-order valence-electron chi connectivity index (χ4n) is 2.51. The molecule has 0 aromatic carbocycles. The molecule has 0 spiro atoms. The average Bonchev–Trinajstić information content (AvgIpc) is 3.11. The fourth-order valence-corrected chi connectivity index (χ4v) is 2.94. The first kappa shape index (κ1) is 13.2. The summed E-state index contributed by atoms with van der Waals surface area (Å²) in [6.45, 7) is 4.54. The lowest BCUT2D eigenvalue weighted by molar-refractivity contribution is -0.134. The number of thiol groups is 1. The second kappa shape index (κ2) is 5.61. The minimum absolute atomic E-state index is 0.247. The first-order valence-corrected chi connectivity index (χ1v) is 7.32. The number of nitrogens with zero attached hydrogens (tertiary/aromatic N) is 1. The van der Waals surface area contributed by atoms with E-state index in [0.29, 0.717) is 18.4 Å². The van der Waals surface area contributed by atoms with Gasteiger partial charge in [-0.2, -0.15) is 12.6 Å². The Balaban J connectivity index is 1.74. The van der Waals surface area contributed by atoms with E-state index in [-0.39, 0.29) is 5.41 Å². The number of hydrogen-bond acceptors (Lipinski definition) is 3. The number of piperidine rings is 1. The molecule has 0 radical (unpaired) electrons. The van der Waals surface area contributed by atoms with Crippen molar-refractivity contribution >= 4 is 18.5 Å². The zero-order valence-electron chi connectivity index (χ0n) is 10.7. The molecule has 4 heteroatoms. The van der Waals surface area contributed by atoms with Crippen LogP contribution >= 0.6 is 12.6 Å². The lowest BCUT2D eigenvalue weighted by atomic mass is 10.0. The van der Waals surface area contributed by atoms with E-state index >= 15 is 0 Å².